The van der Waals surface area contributed by atoms with E-state index in [4.69, 9.17) is 4.98 Å². The third kappa shape index (κ3) is 4.93. The number of nitrogens with one attached hydrogen (secondary N) is 1. The number of piperidine rings is 1. The molecular formula is C28H39N3O4S. The number of carbonyl (C=O) groups is 2. The highest BCUT2D eigenvalue weighted by atomic mass is 32.2. The third-order valence-electron chi connectivity index (χ3n) is 9.54. The van der Waals surface area contributed by atoms with Crippen molar-refractivity contribution in [3.05, 3.63) is 23.4 Å². The van der Waals surface area contributed by atoms with Crippen LogP contribution in [0, 0.1) is 17.8 Å². The first kappa shape index (κ1) is 24.7. The largest absolute Gasteiger partial charge is 0.480 e. The molecule has 36 heavy (non-hydrogen) atoms. The minimum atomic E-state index is -0.807. The van der Waals surface area contributed by atoms with Gasteiger partial charge < -0.3 is 15.5 Å². The maximum atomic E-state index is 13.7. The minimum absolute atomic E-state index is 0.0138. The molecule has 3 atom stereocenters. The maximum Gasteiger partial charge on any atom is 0.317 e. The summed E-state index contributed by atoms with van der Waals surface area (Å²) in [7, 11) is 0. The maximum absolute atomic E-state index is 13.7. The first-order valence-corrected chi connectivity index (χ1v) is 14.9. The molecule has 1 aromatic heterocycles. The van der Waals surface area contributed by atoms with Crippen LogP contribution in [0.1, 0.15) is 99.1 Å². The van der Waals surface area contributed by atoms with Crippen molar-refractivity contribution in [2.75, 3.05) is 13.1 Å². The van der Waals surface area contributed by atoms with Crippen molar-refractivity contribution < 1.29 is 19.8 Å². The first-order chi connectivity index (χ1) is 17.4. The Morgan fingerprint density at radius 2 is 1.78 bits per heavy atom. The number of hydrogen-bond acceptors (Lipinski definition) is 6. The molecule has 0 spiro atoms. The number of amides is 1. The molecule has 2 heterocycles. The number of carboxylic acids is 1. The summed E-state index contributed by atoms with van der Waals surface area (Å²) >= 11 is 1.74. The van der Waals surface area contributed by atoms with E-state index in [1.54, 1.807) is 11.8 Å². The number of carboxylic acid groups (broad SMARTS) is 1. The van der Waals surface area contributed by atoms with Gasteiger partial charge in [0.2, 0.25) is 0 Å². The van der Waals surface area contributed by atoms with Crippen LogP contribution in [-0.2, 0) is 4.79 Å². The summed E-state index contributed by atoms with van der Waals surface area (Å²) in [6.07, 6.45) is 12.5. The molecule has 1 aromatic rings. The van der Waals surface area contributed by atoms with Crippen molar-refractivity contribution in [2.45, 2.75) is 105 Å². The van der Waals surface area contributed by atoms with E-state index in [0.29, 0.717) is 28.6 Å². The normalized spacial score (nSPS) is 36.3. The van der Waals surface area contributed by atoms with Crippen LogP contribution < -0.4 is 5.32 Å². The van der Waals surface area contributed by atoms with E-state index in [-0.39, 0.29) is 24.5 Å². The van der Waals surface area contributed by atoms with Gasteiger partial charge in [-0.25, -0.2) is 4.98 Å². The van der Waals surface area contributed by atoms with E-state index in [1.165, 1.54) is 12.8 Å². The van der Waals surface area contributed by atoms with Crippen LogP contribution in [0.5, 0.6) is 0 Å². The number of thioether (sulfide) groups is 1. The number of rotatable bonds is 7. The minimum Gasteiger partial charge on any atom is -0.480 e. The molecule has 3 unspecified atom stereocenters. The summed E-state index contributed by atoms with van der Waals surface area (Å²) in [5.74, 6) is 0.508. The zero-order valence-electron chi connectivity index (χ0n) is 21.0. The Morgan fingerprint density at radius 1 is 1.06 bits per heavy atom. The van der Waals surface area contributed by atoms with Crippen LogP contribution in [0.2, 0.25) is 0 Å². The zero-order valence-corrected chi connectivity index (χ0v) is 21.8. The number of aromatic nitrogens is 1. The Labute approximate surface area is 217 Å². The molecule has 1 saturated heterocycles. The van der Waals surface area contributed by atoms with Crippen molar-refractivity contribution in [3.8, 4) is 0 Å². The van der Waals surface area contributed by atoms with E-state index >= 15 is 0 Å². The van der Waals surface area contributed by atoms with Crippen LogP contribution >= 0.6 is 11.8 Å². The third-order valence-corrected chi connectivity index (χ3v) is 10.9. The number of aliphatic carboxylic acids is 1. The predicted molar refractivity (Wildman–Crippen MR) is 138 cm³/mol. The fraction of sp³-hybridized carbons (Fsp3) is 0.750. The quantitative estimate of drug-likeness (QED) is 0.497. The molecule has 196 valence electrons. The van der Waals surface area contributed by atoms with Crippen molar-refractivity contribution in [3.63, 3.8) is 0 Å². The Hall–Kier alpha value is -1.64. The van der Waals surface area contributed by atoms with Crippen LogP contribution in [0.15, 0.2) is 17.2 Å². The number of carbonyl (C=O) groups excluding carboxylic acids is 1. The number of nitrogens with zero attached hydrogens (tertiary/aromatic N) is 2. The lowest BCUT2D eigenvalue weighted by molar-refractivity contribution is -0.139. The van der Waals surface area contributed by atoms with Gasteiger partial charge in [-0.15, -0.1) is 11.8 Å². The molecule has 3 N–H and O–H groups in total. The van der Waals surface area contributed by atoms with E-state index in [0.717, 1.165) is 81.5 Å². The highest BCUT2D eigenvalue weighted by molar-refractivity contribution is 7.99. The molecule has 6 fully saturated rings. The Kier molecular flexibility index (Phi) is 6.80. The first-order valence-electron chi connectivity index (χ1n) is 14.0. The van der Waals surface area contributed by atoms with Gasteiger partial charge in [0, 0.05) is 11.3 Å². The topological polar surface area (TPSA) is 103 Å². The Morgan fingerprint density at radius 3 is 2.47 bits per heavy atom. The molecule has 7 rings (SSSR count). The van der Waals surface area contributed by atoms with Crippen molar-refractivity contribution in [1.29, 1.82) is 0 Å². The Balaban J connectivity index is 1.25. The lowest BCUT2D eigenvalue weighted by atomic mass is 9.52. The molecule has 5 aliphatic carbocycles. The van der Waals surface area contributed by atoms with Gasteiger partial charge in [-0.05, 0) is 94.2 Å². The molecule has 8 heteroatoms. The summed E-state index contributed by atoms with van der Waals surface area (Å²) in [4.78, 5) is 32.2. The molecule has 1 aliphatic heterocycles. The van der Waals surface area contributed by atoms with Gasteiger partial charge in [-0.2, -0.15) is 0 Å². The average molecular weight is 514 g/mol. The molecule has 0 aromatic carbocycles. The average Bonchev–Trinajstić information content (AvgIpc) is 3.33. The van der Waals surface area contributed by atoms with Gasteiger partial charge >= 0.3 is 5.97 Å². The highest BCUT2D eigenvalue weighted by Crippen LogP contribution is 2.55. The second kappa shape index (κ2) is 9.91. The van der Waals surface area contributed by atoms with Crippen molar-refractivity contribution in [2.24, 2.45) is 17.8 Å². The van der Waals surface area contributed by atoms with Crippen molar-refractivity contribution in [1.82, 2.24) is 15.2 Å². The van der Waals surface area contributed by atoms with Crippen LogP contribution in [0.4, 0.5) is 0 Å². The molecule has 5 saturated carbocycles. The highest BCUT2D eigenvalue weighted by Gasteiger charge is 2.55. The smallest absolute Gasteiger partial charge is 0.317 e. The molecule has 4 bridgehead atoms. The van der Waals surface area contributed by atoms with Gasteiger partial charge in [0.25, 0.3) is 5.91 Å². The van der Waals surface area contributed by atoms with Crippen molar-refractivity contribution >= 4 is 23.6 Å². The monoisotopic (exact) mass is 513 g/mol. The number of likely N-dealkylation sites (tertiary alicyclic amines) is 1. The summed E-state index contributed by atoms with van der Waals surface area (Å²) in [6.45, 7) is 0.793. The molecule has 7 nitrogen and oxygen atoms in total. The zero-order chi connectivity index (χ0) is 24.9. The van der Waals surface area contributed by atoms with E-state index in [1.807, 2.05) is 17.0 Å². The van der Waals surface area contributed by atoms with E-state index < -0.39 is 11.6 Å². The van der Waals surface area contributed by atoms with E-state index in [9.17, 15) is 19.8 Å². The number of aliphatic hydroxyl groups is 1. The molecular weight excluding hydrogens is 474 g/mol. The fourth-order valence-corrected chi connectivity index (χ4v) is 9.53. The standard InChI is InChI=1S/C28H39N3O4S/c32-24(33)16-31-10-4-3-7-23(31)22-9-8-21(27(29-22)36-20-5-1-2-6-20)26(34)30-25-18-11-17-12-19(25)15-28(35,13-17)14-18/h8-9,17-20,23,25,35H,1-7,10-16H2,(H,30,34)(H,32,33). The molecule has 0 radical (unpaired) electrons. The number of pyridine rings is 1. The fourth-order valence-electron chi connectivity index (χ4n) is 8.20. The predicted octanol–water partition coefficient (Wildman–Crippen LogP) is 4.40. The Bertz CT molecular complexity index is 997. The van der Waals surface area contributed by atoms with Gasteiger partial charge in [0.05, 0.1) is 29.4 Å². The summed E-state index contributed by atoms with van der Waals surface area (Å²) in [5.41, 5.74) is 1.04. The lowest BCUT2D eigenvalue weighted by Gasteiger charge is -2.58. The van der Waals surface area contributed by atoms with Gasteiger partial charge in [0.15, 0.2) is 0 Å². The second-order valence-electron chi connectivity index (χ2n) is 12.2. The van der Waals surface area contributed by atoms with Crippen LogP contribution in [0.25, 0.3) is 0 Å². The van der Waals surface area contributed by atoms with Crippen LogP contribution in [0.3, 0.4) is 0 Å². The van der Waals surface area contributed by atoms with Gasteiger partial charge in [-0.3, -0.25) is 14.5 Å². The van der Waals surface area contributed by atoms with Gasteiger partial charge in [0.1, 0.15) is 5.03 Å². The number of hydrogen-bond donors (Lipinski definition) is 3. The summed E-state index contributed by atoms with van der Waals surface area (Å²) in [5, 5.41) is 25.0. The molecule has 6 aliphatic rings. The summed E-state index contributed by atoms with van der Waals surface area (Å²) in [6, 6.07) is 4.02. The van der Waals surface area contributed by atoms with E-state index in [2.05, 4.69) is 5.32 Å². The summed E-state index contributed by atoms with van der Waals surface area (Å²) < 4.78 is 0. The van der Waals surface area contributed by atoms with Crippen LogP contribution in [-0.4, -0.2) is 62.0 Å². The molecule has 1 amide bonds. The second-order valence-corrected chi connectivity index (χ2v) is 13.5. The SMILES string of the molecule is O=C(O)CN1CCCCC1c1ccc(C(=O)NC2C3CC4CC2CC(O)(C4)C3)c(SC2CCCC2)n1. The lowest BCUT2D eigenvalue weighted by Crippen LogP contribution is -2.61. The van der Waals surface area contributed by atoms with Gasteiger partial charge in [-0.1, -0.05) is 19.3 Å².